The highest BCUT2D eigenvalue weighted by Crippen LogP contribution is 2.39. The van der Waals surface area contributed by atoms with Crippen LogP contribution in [0.25, 0.3) is 0 Å². The zero-order valence-corrected chi connectivity index (χ0v) is 24.2. The SMILES string of the molecule is CCC(=O)N1CC[C@](CN2CCC(C(=O)Nc3ccc(Cl)cc3OC(F)F)(n3nccc3C(C)C)CC2)(C(=O)O)C1. The predicted octanol–water partition coefficient (Wildman–Crippen LogP) is 4.40. The molecular weight excluding hydrogens is 560 g/mol. The molecule has 2 fully saturated rings. The third kappa shape index (κ3) is 6.33. The number of carbonyl (C=O) groups excluding carboxylic acids is 2. The maximum absolute atomic E-state index is 14.1. The van der Waals surface area contributed by atoms with Crippen molar-refractivity contribution in [2.24, 2.45) is 5.41 Å². The summed E-state index contributed by atoms with van der Waals surface area (Å²) in [6.07, 6.45) is 2.90. The van der Waals surface area contributed by atoms with Crippen LogP contribution in [0, 0.1) is 5.41 Å². The number of carbonyl (C=O) groups is 3. The summed E-state index contributed by atoms with van der Waals surface area (Å²) in [6.45, 7) is 4.19. The standard InChI is InChI=1S/C28H36ClF2N5O5/c1-4-23(37)35-14-8-27(17-35,25(39)40)16-34-12-9-28(10-13-34,36-21(18(2)3)7-11-32-36)24(38)33-20-6-5-19(29)15-22(20)41-26(30)31/h5-7,11,15,18,26H,4,8-10,12-14,16-17H2,1-3H3,(H,33,38)(H,39,40)/t27-/m1/s1. The van der Waals surface area contributed by atoms with Crippen LogP contribution in [0.15, 0.2) is 30.5 Å². The molecule has 3 heterocycles. The number of nitrogens with zero attached hydrogens (tertiary/aromatic N) is 4. The highest BCUT2D eigenvalue weighted by atomic mass is 35.5. The molecule has 10 nitrogen and oxygen atoms in total. The van der Waals surface area contributed by atoms with Gasteiger partial charge in [-0.05, 0) is 43.4 Å². The summed E-state index contributed by atoms with van der Waals surface area (Å²) in [5.41, 5.74) is -1.37. The third-order valence-corrected chi connectivity index (χ3v) is 8.41. The molecule has 1 atom stereocenters. The first kappa shape index (κ1) is 30.7. The summed E-state index contributed by atoms with van der Waals surface area (Å²) in [6, 6.07) is 5.94. The Morgan fingerprint density at radius 1 is 1.15 bits per heavy atom. The molecule has 0 saturated carbocycles. The molecule has 0 aliphatic carbocycles. The number of benzene rings is 1. The average Bonchev–Trinajstić information content (AvgIpc) is 3.59. The number of likely N-dealkylation sites (tertiary alicyclic amines) is 2. The van der Waals surface area contributed by atoms with Crippen molar-refractivity contribution in [1.29, 1.82) is 0 Å². The van der Waals surface area contributed by atoms with Crippen molar-refractivity contribution in [3.05, 3.63) is 41.2 Å². The van der Waals surface area contributed by atoms with E-state index in [1.807, 2.05) is 24.8 Å². The summed E-state index contributed by atoms with van der Waals surface area (Å²) in [5.74, 6) is -1.67. The van der Waals surface area contributed by atoms with Crippen LogP contribution >= 0.6 is 11.6 Å². The maximum atomic E-state index is 14.1. The smallest absolute Gasteiger partial charge is 0.387 e. The first-order valence-electron chi connectivity index (χ1n) is 13.7. The van der Waals surface area contributed by atoms with Crippen molar-refractivity contribution in [2.75, 3.05) is 38.0 Å². The van der Waals surface area contributed by atoms with Gasteiger partial charge in [0.05, 0.1) is 11.1 Å². The maximum Gasteiger partial charge on any atom is 0.387 e. The van der Waals surface area contributed by atoms with Gasteiger partial charge in [0.15, 0.2) is 5.75 Å². The van der Waals surface area contributed by atoms with E-state index >= 15 is 0 Å². The highest BCUT2D eigenvalue weighted by Gasteiger charge is 2.50. The van der Waals surface area contributed by atoms with E-state index in [1.54, 1.807) is 22.7 Å². The van der Waals surface area contributed by atoms with Crippen molar-refractivity contribution in [3.8, 4) is 5.75 Å². The van der Waals surface area contributed by atoms with Gasteiger partial charge in [0.1, 0.15) is 5.54 Å². The summed E-state index contributed by atoms with van der Waals surface area (Å²) in [5, 5.41) is 17.6. The lowest BCUT2D eigenvalue weighted by atomic mass is 9.82. The van der Waals surface area contributed by atoms with Crippen LogP contribution in [0.4, 0.5) is 14.5 Å². The molecule has 4 rings (SSSR count). The van der Waals surface area contributed by atoms with Crippen molar-refractivity contribution < 1.29 is 33.0 Å². The normalized spacial score (nSPS) is 20.9. The molecule has 2 aliphatic heterocycles. The zero-order chi connectivity index (χ0) is 29.9. The van der Waals surface area contributed by atoms with Gasteiger partial charge >= 0.3 is 12.6 Å². The topological polar surface area (TPSA) is 117 Å². The number of piperidine rings is 1. The number of hydrogen-bond donors (Lipinski definition) is 2. The van der Waals surface area contributed by atoms with E-state index in [-0.39, 0.29) is 41.4 Å². The minimum atomic E-state index is -3.11. The van der Waals surface area contributed by atoms with Gasteiger partial charge in [-0.15, -0.1) is 0 Å². The van der Waals surface area contributed by atoms with Gasteiger partial charge in [-0.1, -0.05) is 32.4 Å². The van der Waals surface area contributed by atoms with Crippen LogP contribution in [-0.2, 0) is 19.9 Å². The second-order valence-corrected chi connectivity index (χ2v) is 11.5. The Morgan fingerprint density at radius 3 is 2.46 bits per heavy atom. The molecule has 2 saturated heterocycles. The lowest BCUT2D eigenvalue weighted by Crippen LogP contribution is -2.56. The fraction of sp³-hybridized carbons (Fsp3) is 0.571. The lowest BCUT2D eigenvalue weighted by Gasteiger charge is -2.43. The molecule has 41 heavy (non-hydrogen) atoms. The van der Waals surface area contributed by atoms with Crippen molar-refractivity contribution >= 4 is 35.1 Å². The molecule has 0 radical (unpaired) electrons. The molecule has 2 aliphatic rings. The van der Waals surface area contributed by atoms with E-state index in [1.165, 1.54) is 18.2 Å². The van der Waals surface area contributed by atoms with Crippen molar-refractivity contribution in [2.45, 2.75) is 64.5 Å². The number of aromatic nitrogens is 2. The third-order valence-electron chi connectivity index (χ3n) is 8.17. The second kappa shape index (κ2) is 12.3. The number of carboxylic acids is 1. The Kier molecular flexibility index (Phi) is 9.22. The van der Waals surface area contributed by atoms with Gasteiger partial charge in [0, 0.05) is 62.1 Å². The number of ether oxygens (including phenoxy) is 1. The van der Waals surface area contributed by atoms with Crippen LogP contribution in [-0.4, -0.2) is 81.8 Å². The van der Waals surface area contributed by atoms with Crippen LogP contribution in [0.3, 0.4) is 0 Å². The van der Waals surface area contributed by atoms with Crippen LogP contribution < -0.4 is 10.1 Å². The number of carboxylic acid groups (broad SMARTS) is 1. The predicted molar refractivity (Wildman–Crippen MR) is 148 cm³/mol. The molecule has 2 N–H and O–H groups in total. The number of alkyl halides is 2. The minimum absolute atomic E-state index is 0.0457. The summed E-state index contributed by atoms with van der Waals surface area (Å²) in [4.78, 5) is 42.4. The van der Waals surface area contributed by atoms with Gasteiger partial charge in [0.2, 0.25) is 5.91 Å². The van der Waals surface area contributed by atoms with Crippen LogP contribution in [0.2, 0.25) is 5.02 Å². The number of hydrogen-bond acceptors (Lipinski definition) is 6. The fourth-order valence-electron chi connectivity index (χ4n) is 5.86. The molecule has 13 heteroatoms. The molecular formula is C28H36ClF2N5O5. The first-order valence-corrected chi connectivity index (χ1v) is 14.1. The van der Waals surface area contributed by atoms with Crippen LogP contribution in [0.1, 0.15) is 58.1 Å². The zero-order valence-electron chi connectivity index (χ0n) is 23.4. The molecule has 0 unspecified atom stereocenters. The van der Waals surface area contributed by atoms with E-state index in [0.29, 0.717) is 45.3 Å². The summed E-state index contributed by atoms with van der Waals surface area (Å²) < 4.78 is 32.5. The molecule has 0 spiro atoms. The van der Waals surface area contributed by atoms with Gasteiger partial charge in [-0.25, -0.2) is 0 Å². The Bertz CT molecular complexity index is 1280. The largest absolute Gasteiger partial charge is 0.481 e. The molecule has 224 valence electrons. The quantitative estimate of drug-likeness (QED) is 0.418. The summed E-state index contributed by atoms with van der Waals surface area (Å²) >= 11 is 5.98. The van der Waals surface area contributed by atoms with Crippen LogP contribution in [0.5, 0.6) is 5.75 Å². The van der Waals surface area contributed by atoms with E-state index in [9.17, 15) is 28.3 Å². The number of rotatable bonds is 10. The number of halogens is 3. The van der Waals surface area contributed by atoms with Gasteiger partial charge in [-0.3, -0.25) is 19.1 Å². The van der Waals surface area contributed by atoms with Crippen molar-refractivity contribution in [1.82, 2.24) is 19.6 Å². The van der Waals surface area contributed by atoms with E-state index < -0.39 is 29.4 Å². The Balaban J connectivity index is 1.60. The van der Waals surface area contributed by atoms with Gasteiger partial charge < -0.3 is 25.0 Å². The Morgan fingerprint density at radius 2 is 1.85 bits per heavy atom. The minimum Gasteiger partial charge on any atom is -0.481 e. The number of amides is 2. The Labute approximate surface area is 242 Å². The molecule has 2 amide bonds. The molecule has 1 aromatic carbocycles. The number of aliphatic carboxylic acids is 1. The van der Waals surface area contributed by atoms with Gasteiger partial charge in [-0.2, -0.15) is 13.9 Å². The lowest BCUT2D eigenvalue weighted by molar-refractivity contribution is -0.150. The molecule has 0 bridgehead atoms. The first-order chi connectivity index (χ1) is 19.4. The van der Waals surface area contributed by atoms with E-state index in [4.69, 9.17) is 11.6 Å². The monoisotopic (exact) mass is 595 g/mol. The number of anilines is 1. The van der Waals surface area contributed by atoms with E-state index in [2.05, 4.69) is 15.2 Å². The van der Waals surface area contributed by atoms with E-state index in [0.717, 1.165) is 5.69 Å². The second-order valence-electron chi connectivity index (χ2n) is 11.1. The summed E-state index contributed by atoms with van der Waals surface area (Å²) in [7, 11) is 0. The molecule has 1 aromatic heterocycles. The van der Waals surface area contributed by atoms with Gasteiger partial charge in [0.25, 0.3) is 5.91 Å². The highest BCUT2D eigenvalue weighted by molar-refractivity contribution is 6.30. The molecule has 2 aromatic rings. The average molecular weight is 596 g/mol. The Hall–Kier alpha value is -3.25. The number of nitrogens with one attached hydrogen (secondary N) is 1. The fourth-order valence-corrected chi connectivity index (χ4v) is 6.03. The van der Waals surface area contributed by atoms with Crippen molar-refractivity contribution in [3.63, 3.8) is 0 Å².